The van der Waals surface area contributed by atoms with E-state index in [4.69, 9.17) is 14.0 Å². The molecular weight excluding hydrogens is 357 g/mol. The fraction of sp³-hybridized carbons (Fsp3) is 0.556. The molecule has 0 saturated carbocycles. The third-order valence-corrected chi connectivity index (χ3v) is 5.62. The number of esters is 1. The second-order valence-electron chi connectivity index (χ2n) is 6.34. The van der Waals surface area contributed by atoms with Crippen molar-refractivity contribution in [1.29, 1.82) is 0 Å². The number of rotatable bonds is 10. The van der Waals surface area contributed by atoms with Crippen molar-refractivity contribution in [2.24, 2.45) is 5.92 Å². The number of carbonyl (C=O) groups excluding carboxylic acids is 2. The molecule has 0 fully saturated rings. The Morgan fingerprint density at radius 2 is 1.81 bits per heavy atom. The highest BCUT2D eigenvalue weighted by molar-refractivity contribution is 7.58. The lowest BCUT2D eigenvalue weighted by atomic mass is 10.1. The van der Waals surface area contributed by atoms with Gasteiger partial charge in [-0.3, -0.25) is 4.57 Å². The third kappa shape index (κ3) is 8.50. The van der Waals surface area contributed by atoms with Gasteiger partial charge in [0.2, 0.25) is 7.37 Å². The van der Waals surface area contributed by atoms with E-state index in [2.05, 4.69) is 5.32 Å². The van der Waals surface area contributed by atoms with Gasteiger partial charge in [0, 0.05) is 6.66 Å². The van der Waals surface area contributed by atoms with Crippen LogP contribution in [0.25, 0.3) is 0 Å². The summed E-state index contributed by atoms with van der Waals surface area (Å²) in [4.78, 5) is 23.5. The zero-order valence-electron chi connectivity index (χ0n) is 15.8. The van der Waals surface area contributed by atoms with E-state index in [1.807, 2.05) is 44.2 Å². The highest BCUT2D eigenvalue weighted by atomic mass is 31.2. The van der Waals surface area contributed by atoms with Crippen LogP contribution < -0.4 is 5.32 Å². The first kappa shape index (κ1) is 22.2. The summed E-state index contributed by atoms with van der Waals surface area (Å²) in [5.41, 5.74) is 0.848. The second-order valence-corrected chi connectivity index (χ2v) is 9.04. The van der Waals surface area contributed by atoms with Gasteiger partial charge in [-0.05, 0) is 24.8 Å². The molecule has 1 N–H and O–H groups in total. The normalized spacial score (nSPS) is 14.3. The first-order valence-corrected chi connectivity index (χ1v) is 10.7. The lowest BCUT2D eigenvalue weighted by Crippen LogP contribution is -2.36. The van der Waals surface area contributed by atoms with Gasteiger partial charge in [-0.25, -0.2) is 9.59 Å². The number of ether oxygens (including phenoxy) is 2. The Morgan fingerprint density at radius 1 is 1.15 bits per heavy atom. The van der Waals surface area contributed by atoms with Crippen LogP contribution in [0.3, 0.4) is 0 Å². The predicted molar refractivity (Wildman–Crippen MR) is 99.1 cm³/mol. The Morgan fingerprint density at radius 3 is 2.38 bits per heavy atom. The summed E-state index contributed by atoms with van der Waals surface area (Å²) < 4.78 is 28.1. The van der Waals surface area contributed by atoms with Crippen molar-refractivity contribution in [2.45, 2.75) is 39.6 Å². The molecule has 0 spiro atoms. The van der Waals surface area contributed by atoms with Crippen LogP contribution in [-0.2, 0) is 30.0 Å². The molecule has 0 aromatic heterocycles. The van der Waals surface area contributed by atoms with E-state index < -0.39 is 31.8 Å². The summed E-state index contributed by atoms with van der Waals surface area (Å²) in [5.74, 6) is -1.18. The average molecular weight is 385 g/mol. The van der Waals surface area contributed by atoms with Gasteiger partial charge in [0.05, 0.1) is 6.61 Å². The number of alkyl carbamates (subject to hydrolysis) is 1. The SMILES string of the molecule is CCOC(=O)COP(C)(=O)C(CC(C)C)NC(=O)OCc1ccccc1. The van der Waals surface area contributed by atoms with Crippen molar-refractivity contribution in [2.75, 3.05) is 19.9 Å². The molecule has 8 heteroatoms. The molecule has 0 saturated heterocycles. The molecule has 0 aliphatic heterocycles. The van der Waals surface area contributed by atoms with Gasteiger partial charge in [-0.1, -0.05) is 44.2 Å². The van der Waals surface area contributed by atoms with Gasteiger partial charge in [-0.15, -0.1) is 0 Å². The maximum absolute atomic E-state index is 12.9. The topological polar surface area (TPSA) is 90.9 Å². The molecule has 0 heterocycles. The van der Waals surface area contributed by atoms with Gasteiger partial charge in [0.1, 0.15) is 12.4 Å². The molecule has 1 aromatic carbocycles. The Balaban J connectivity index is 2.64. The molecule has 2 atom stereocenters. The van der Waals surface area contributed by atoms with Crippen LogP contribution in [0.15, 0.2) is 30.3 Å². The largest absolute Gasteiger partial charge is 0.464 e. The predicted octanol–water partition coefficient (Wildman–Crippen LogP) is 3.77. The number of hydrogen-bond acceptors (Lipinski definition) is 6. The molecule has 0 aliphatic carbocycles. The van der Waals surface area contributed by atoms with Crippen LogP contribution in [0.2, 0.25) is 0 Å². The standard InChI is InChI=1S/C18H28NO6P/c1-5-23-17(20)13-25-26(4,22)16(11-14(2)3)19-18(21)24-12-15-9-7-6-8-10-15/h6-10,14,16H,5,11-13H2,1-4H3,(H,19,21). The second kappa shape index (κ2) is 11.0. The Hall–Kier alpha value is -1.85. The monoisotopic (exact) mass is 385 g/mol. The number of benzene rings is 1. The number of hydrogen-bond donors (Lipinski definition) is 1. The summed E-state index contributed by atoms with van der Waals surface area (Å²) >= 11 is 0. The molecular formula is C18H28NO6P. The van der Waals surface area contributed by atoms with E-state index in [0.29, 0.717) is 6.42 Å². The van der Waals surface area contributed by atoms with Crippen molar-refractivity contribution in [3.05, 3.63) is 35.9 Å². The van der Waals surface area contributed by atoms with Gasteiger partial charge >= 0.3 is 12.1 Å². The maximum Gasteiger partial charge on any atom is 0.408 e. The molecule has 26 heavy (non-hydrogen) atoms. The molecule has 0 aliphatic rings. The molecule has 1 rings (SSSR count). The van der Waals surface area contributed by atoms with Crippen molar-refractivity contribution in [1.82, 2.24) is 5.32 Å². The number of amides is 1. The first-order valence-electron chi connectivity index (χ1n) is 8.59. The average Bonchev–Trinajstić information content (AvgIpc) is 2.58. The Bertz CT molecular complexity index is 619. The summed E-state index contributed by atoms with van der Waals surface area (Å²) in [7, 11) is -3.30. The molecule has 0 bridgehead atoms. The molecule has 2 unspecified atom stereocenters. The Labute approximate surface area is 154 Å². The minimum absolute atomic E-state index is 0.110. The van der Waals surface area contributed by atoms with Gasteiger partial charge < -0.3 is 19.3 Å². The van der Waals surface area contributed by atoms with Crippen LogP contribution in [0.4, 0.5) is 4.79 Å². The fourth-order valence-electron chi connectivity index (χ4n) is 2.19. The van der Waals surface area contributed by atoms with Crippen LogP contribution in [0.1, 0.15) is 32.8 Å². The molecule has 0 radical (unpaired) electrons. The highest BCUT2D eigenvalue weighted by Gasteiger charge is 2.32. The number of nitrogens with one attached hydrogen (secondary N) is 1. The van der Waals surface area contributed by atoms with E-state index >= 15 is 0 Å². The van der Waals surface area contributed by atoms with Gasteiger partial charge in [0.15, 0.2) is 6.61 Å². The van der Waals surface area contributed by atoms with Gasteiger partial charge in [-0.2, -0.15) is 0 Å². The maximum atomic E-state index is 12.9. The Kier molecular flexibility index (Phi) is 9.38. The minimum atomic E-state index is -3.30. The minimum Gasteiger partial charge on any atom is -0.464 e. The van der Waals surface area contributed by atoms with Crippen molar-refractivity contribution in [3.8, 4) is 0 Å². The summed E-state index contributed by atoms with van der Waals surface area (Å²) in [6, 6.07) is 9.25. The fourth-order valence-corrected chi connectivity index (χ4v) is 3.87. The van der Waals surface area contributed by atoms with E-state index in [1.54, 1.807) is 6.92 Å². The van der Waals surface area contributed by atoms with Crippen LogP contribution in [-0.4, -0.2) is 37.7 Å². The van der Waals surface area contributed by atoms with E-state index in [9.17, 15) is 14.2 Å². The first-order chi connectivity index (χ1) is 12.2. The van der Waals surface area contributed by atoms with Crippen LogP contribution >= 0.6 is 7.37 Å². The quantitative estimate of drug-likeness (QED) is 0.487. The highest BCUT2D eigenvalue weighted by Crippen LogP contribution is 2.49. The molecule has 146 valence electrons. The zero-order valence-corrected chi connectivity index (χ0v) is 16.7. The molecule has 7 nitrogen and oxygen atoms in total. The van der Waals surface area contributed by atoms with E-state index in [-0.39, 0.29) is 19.1 Å². The smallest absolute Gasteiger partial charge is 0.408 e. The summed E-state index contributed by atoms with van der Waals surface area (Å²) in [5, 5.41) is 2.61. The van der Waals surface area contributed by atoms with Gasteiger partial charge in [0.25, 0.3) is 0 Å². The van der Waals surface area contributed by atoms with Crippen LogP contribution in [0, 0.1) is 5.92 Å². The lowest BCUT2D eigenvalue weighted by molar-refractivity contribution is -0.145. The summed E-state index contributed by atoms with van der Waals surface area (Å²) in [6.45, 7) is 6.86. The third-order valence-electron chi connectivity index (χ3n) is 3.50. The molecule has 1 amide bonds. The summed E-state index contributed by atoms with van der Waals surface area (Å²) in [6.07, 6.45) is -0.252. The van der Waals surface area contributed by atoms with Crippen molar-refractivity contribution >= 4 is 19.4 Å². The lowest BCUT2D eigenvalue weighted by Gasteiger charge is -2.26. The van der Waals surface area contributed by atoms with E-state index in [0.717, 1.165) is 5.56 Å². The molecule has 1 aromatic rings. The van der Waals surface area contributed by atoms with Crippen LogP contribution in [0.5, 0.6) is 0 Å². The van der Waals surface area contributed by atoms with E-state index in [1.165, 1.54) is 6.66 Å². The van der Waals surface area contributed by atoms with Crippen molar-refractivity contribution < 1.29 is 28.2 Å². The number of carbonyl (C=O) groups is 2. The zero-order chi connectivity index (χ0) is 19.6. The van der Waals surface area contributed by atoms with Crippen molar-refractivity contribution in [3.63, 3.8) is 0 Å².